The van der Waals surface area contributed by atoms with Gasteiger partial charge in [-0.05, 0) is 12.8 Å². The molecule has 1 saturated heterocycles. The summed E-state index contributed by atoms with van der Waals surface area (Å²) in [5.41, 5.74) is 0.592. The van der Waals surface area contributed by atoms with Crippen molar-refractivity contribution in [2.45, 2.75) is 33.1 Å². The van der Waals surface area contributed by atoms with E-state index in [1.165, 1.54) is 19.3 Å². The highest BCUT2D eigenvalue weighted by atomic mass is 16.5. The van der Waals surface area contributed by atoms with Gasteiger partial charge in [-0.3, -0.25) is 0 Å². The van der Waals surface area contributed by atoms with Gasteiger partial charge in [-0.15, -0.1) is 0 Å². The molecule has 0 aromatic heterocycles. The molecule has 1 nitrogen and oxygen atoms in total. The minimum Gasteiger partial charge on any atom is -0.380 e. The Morgan fingerprint density at radius 2 is 2.00 bits per heavy atom. The van der Waals surface area contributed by atoms with Crippen molar-refractivity contribution in [3.63, 3.8) is 0 Å². The van der Waals surface area contributed by atoms with E-state index >= 15 is 0 Å². The minimum atomic E-state index is 0.592. The monoisotopic (exact) mass is 128 g/mol. The average Bonchev–Trinajstić information content (AvgIpc) is 1.79. The summed E-state index contributed by atoms with van der Waals surface area (Å²) >= 11 is 0. The van der Waals surface area contributed by atoms with Crippen LogP contribution in [0, 0.1) is 5.41 Å². The van der Waals surface area contributed by atoms with E-state index < -0.39 is 0 Å². The van der Waals surface area contributed by atoms with Crippen LogP contribution in [0.25, 0.3) is 0 Å². The van der Waals surface area contributed by atoms with Crippen LogP contribution in [0.1, 0.15) is 33.1 Å². The second-order valence-corrected chi connectivity index (χ2v) is 3.10. The van der Waals surface area contributed by atoms with Gasteiger partial charge in [-0.1, -0.05) is 20.3 Å². The molecule has 1 aliphatic heterocycles. The van der Waals surface area contributed by atoms with Gasteiger partial charge in [0.05, 0.1) is 13.2 Å². The molecule has 0 bridgehead atoms. The van der Waals surface area contributed by atoms with Crippen LogP contribution in [-0.4, -0.2) is 13.2 Å². The van der Waals surface area contributed by atoms with Crippen LogP contribution in [-0.2, 0) is 4.74 Å². The zero-order valence-corrected chi connectivity index (χ0v) is 6.44. The highest BCUT2D eigenvalue weighted by molar-refractivity contribution is 4.83. The maximum atomic E-state index is 5.18. The Hall–Kier alpha value is -0.0400. The van der Waals surface area contributed by atoms with Crippen molar-refractivity contribution in [3.8, 4) is 0 Å². The fraction of sp³-hybridized carbons (Fsp3) is 1.00. The molecule has 1 fully saturated rings. The maximum Gasteiger partial charge on any atom is 0.0544 e. The molecule has 0 atom stereocenters. The van der Waals surface area contributed by atoms with Gasteiger partial charge in [-0.2, -0.15) is 0 Å². The normalized spacial score (nSPS) is 23.3. The standard InChI is InChI=1S/C8H16O/c1-3-5-8(4-2)6-9-7-8/h3-7H2,1-2H3. The van der Waals surface area contributed by atoms with E-state index in [0.717, 1.165) is 13.2 Å². The Morgan fingerprint density at radius 1 is 1.33 bits per heavy atom. The van der Waals surface area contributed by atoms with Crippen LogP contribution in [0.2, 0.25) is 0 Å². The second-order valence-electron chi connectivity index (χ2n) is 3.10. The molecule has 1 heteroatoms. The van der Waals surface area contributed by atoms with Gasteiger partial charge >= 0.3 is 0 Å². The molecule has 0 spiro atoms. The third-order valence-corrected chi connectivity index (χ3v) is 2.35. The second kappa shape index (κ2) is 2.70. The number of hydrogen-bond donors (Lipinski definition) is 0. The first-order chi connectivity index (χ1) is 4.33. The third kappa shape index (κ3) is 1.26. The van der Waals surface area contributed by atoms with Crippen molar-refractivity contribution in [1.29, 1.82) is 0 Å². The summed E-state index contributed by atoms with van der Waals surface area (Å²) < 4.78 is 5.18. The van der Waals surface area contributed by atoms with E-state index in [1.54, 1.807) is 0 Å². The Bertz CT molecular complexity index is 79.1. The van der Waals surface area contributed by atoms with E-state index in [2.05, 4.69) is 13.8 Å². The van der Waals surface area contributed by atoms with Gasteiger partial charge in [-0.25, -0.2) is 0 Å². The van der Waals surface area contributed by atoms with Gasteiger partial charge < -0.3 is 4.74 Å². The maximum absolute atomic E-state index is 5.18. The molecule has 1 aliphatic rings. The first-order valence-electron chi connectivity index (χ1n) is 3.91. The smallest absolute Gasteiger partial charge is 0.0544 e. The van der Waals surface area contributed by atoms with Crippen LogP contribution >= 0.6 is 0 Å². The third-order valence-electron chi connectivity index (χ3n) is 2.35. The van der Waals surface area contributed by atoms with E-state index in [4.69, 9.17) is 4.74 Å². The predicted molar refractivity (Wildman–Crippen MR) is 38.5 cm³/mol. The van der Waals surface area contributed by atoms with Crippen molar-refractivity contribution < 1.29 is 4.74 Å². The molecule has 0 aromatic carbocycles. The van der Waals surface area contributed by atoms with Crippen molar-refractivity contribution in [1.82, 2.24) is 0 Å². The molecule has 0 amide bonds. The van der Waals surface area contributed by atoms with E-state index in [0.29, 0.717) is 5.41 Å². The number of hydrogen-bond acceptors (Lipinski definition) is 1. The molecular weight excluding hydrogens is 112 g/mol. The molecule has 0 aromatic rings. The van der Waals surface area contributed by atoms with E-state index in [1.807, 2.05) is 0 Å². The lowest BCUT2D eigenvalue weighted by atomic mass is 9.79. The molecule has 1 rings (SSSR count). The Labute approximate surface area is 57.4 Å². The lowest BCUT2D eigenvalue weighted by Gasteiger charge is -2.40. The van der Waals surface area contributed by atoms with Crippen LogP contribution in [0.5, 0.6) is 0 Å². The zero-order valence-electron chi connectivity index (χ0n) is 6.44. The summed E-state index contributed by atoms with van der Waals surface area (Å²) in [7, 11) is 0. The predicted octanol–water partition coefficient (Wildman–Crippen LogP) is 2.21. The van der Waals surface area contributed by atoms with Gasteiger partial charge in [0.15, 0.2) is 0 Å². The first kappa shape index (κ1) is 7.07. The molecule has 0 radical (unpaired) electrons. The van der Waals surface area contributed by atoms with Crippen LogP contribution in [0.4, 0.5) is 0 Å². The van der Waals surface area contributed by atoms with E-state index in [-0.39, 0.29) is 0 Å². The summed E-state index contributed by atoms with van der Waals surface area (Å²) in [5, 5.41) is 0. The van der Waals surface area contributed by atoms with Crippen LogP contribution in [0.3, 0.4) is 0 Å². The highest BCUT2D eigenvalue weighted by Gasteiger charge is 2.35. The topological polar surface area (TPSA) is 9.23 Å². The SMILES string of the molecule is CCCC1(CC)COC1. The van der Waals surface area contributed by atoms with Crippen molar-refractivity contribution >= 4 is 0 Å². The zero-order chi connectivity index (χ0) is 6.74. The Morgan fingerprint density at radius 3 is 2.11 bits per heavy atom. The quantitative estimate of drug-likeness (QED) is 0.566. The summed E-state index contributed by atoms with van der Waals surface area (Å²) in [5.74, 6) is 0. The molecule has 0 unspecified atom stereocenters. The molecule has 0 N–H and O–H groups in total. The largest absolute Gasteiger partial charge is 0.380 e. The van der Waals surface area contributed by atoms with Crippen LogP contribution in [0.15, 0.2) is 0 Å². The lowest BCUT2D eigenvalue weighted by molar-refractivity contribution is -0.119. The van der Waals surface area contributed by atoms with Gasteiger partial charge in [0.1, 0.15) is 0 Å². The number of rotatable bonds is 3. The highest BCUT2D eigenvalue weighted by Crippen LogP contribution is 2.35. The summed E-state index contributed by atoms with van der Waals surface area (Å²) in [6, 6.07) is 0. The van der Waals surface area contributed by atoms with Gasteiger partial charge in [0, 0.05) is 5.41 Å². The van der Waals surface area contributed by atoms with Crippen molar-refractivity contribution in [2.24, 2.45) is 5.41 Å². The fourth-order valence-electron chi connectivity index (χ4n) is 1.45. The molecule has 1 heterocycles. The summed E-state index contributed by atoms with van der Waals surface area (Å²) in [4.78, 5) is 0. The van der Waals surface area contributed by atoms with Crippen molar-refractivity contribution in [3.05, 3.63) is 0 Å². The number of ether oxygens (including phenoxy) is 1. The summed E-state index contributed by atoms with van der Waals surface area (Å²) in [6.45, 7) is 6.53. The van der Waals surface area contributed by atoms with Crippen LogP contribution < -0.4 is 0 Å². The fourth-order valence-corrected chi connectivity index (χ4v) is 1.45. The van der Waals surface area contributed by atoms with E-state index in [9.17, 15) is 0 Å². The molecule has 9 heavy (non-hydrogen) atoms. The molecule has 0 saturated carbocycles. The average molecular weight is 128 g/mol. The Balaban J connectivity index is 2.28. The van der Waals surface area contributed by atoms with Gasteiger partial charge in [0.25, 0.3) is 0 Å². The van der Waals surface area contributed by atoms with Gasteiger partial charge in [0.2, 0.25) is 0 Å². The minimum absolute atomic E-state index is 0.592. The first-order valence-corrected chi connectivity index (χ1v) is 3.91. The molecular formula is C8H16O. The van der Waals surface area contributed by atoms with Crippen molar-refractivity contribution in [2.75, 3.05) is 13.2 Å². The Kier molecular flexibility index (Phi) is 2.12. The molecule has 0 aliphatic carbocycles. The summed E-state index contributed by atoms with van der Waals surface area (Å²) in [6.07, 6.45) is 3.95. The lowest BCUT2D eigenvalue weighted by Crippen LogP contribution is -2.41. The molecule has 54 valence electrons.